The Hall–Kier alpha value is -5.16. The molecule has 17 heteroatoms. The highest BCUT2D eigenvalue weighted by atomic mass is 35.5. The standard InChI is InChI=1S/C14H18N4O2.C14H18N4O.C12H13ClN4O/c1-4-14-15-18(20)13-8-10-6-11(16(2)3)5-9(10)7-12(13)17(14)19;1-4-14-15-12-7-9-5-11(17(2)3)6-10(9)8-13(12)18(19)16-14;1-16(2)9-3-7-5-10-11(6-8(7)4-9)17(18)15-12(13)14-10/h7-8,11H,4-6H2,1-3H3;7-8,11H,4-6H2,1-3H3;5-6,9H,3-4H2,1-2H3. The number of hydrogen-bond donors (Lipinski definition) is 0. The van der Waals surface area contributed by atoms with Crippen molar-refractivity contribution in [1.29, 1.82) is 0 Å². The number of rotatable bonds is 5. The molecule has 0 aliphatic heterocycles. The molecule has 0 amide bonds. The number of likely N-dealkylation sites (N-methyl/N-ethyl adjacent to an activating group) is 3. The monoisotopic (exact) mass is 796 g/mol. The zero-order valence-corrected chi connectivity index (χ0v) is 34.5. The van der Waals surface area contributed by atoms with E-state index in [4.69, 9.17) is 11.6 Å². The van der Waals surface area contributed by atoms with Crippen molar-refractivity contribution in [2.75, 3.05) is 42.3 Å². The summed E-state index contributed by atoms with van der Waals surface area (Å²) in [5.74, 6) is 0.860. The Bertz CT molecular complexity index is 2500. The lowest BCUT2D eigenvalue weighted by Crippen LogP contribution is -2.45. The lowest BCUT2D eigenvalue weighted by molar-refractivity contribution is -0.685. The molecule has 300 valence electrons. The molecule has 3 aliphatic carbocycles. The van der Waals surface area contributed by atoms with Crippen LogP contribution in [0.2, 0.25) is 5.28 Å². The molecule has 3 aromatic carbocycles. The van der Waals surface area contributed by atoms with E-state index in [2.05, 4.69) is 88.3 Å². The molecule has 0 bridgehead atoms. The topological polar surface area (TPSA) is 182 Å². The van der Waals surface area contributed by atoms with Gasteiger partial charge in [0.05, 0.1) is 11.3 Å². The van der Waals surface area contributed by atoms with E-state index in [-0.39, 0.29) is 11.1 Å². The van der Waals surface area contributed by atoms with Gasteiger partial charge in [0.1, 0.15) is 11.0 Å². The first-order valence-corrected chi connectivity index (χ1v) is 19.7. The van der Waals surface area contributed by atoms with Crippen molar-refractivity contribution in [2.24, 2.45) is 0 Å². The number of hydrogen-bond acceptors (Lipinski definition) is 12. The Morgan fingerprint density at radius 1 is 0.526 bits per heavy atom. The van der Waals surface area contributed by atoms with E-state index >= 15 is 0 Å². The predicted octanol–water partition coefficient (Wildman–Crippen LogP) is 1.89. The van der Waals surface area contributed by atoms with E-state index in [0.29, 0.717) is 78.9 Å². The second-order valence-electron chi connectivity index (χ2n) is 15.9. The summed E-state index contributed by atoms with van der Waals surface area (Å²) < 4.78 is 0.785. The quantitative estimate of drug-likeness (QED) is 0.183. The van der Waals surface area contributed by atoms with Crippen LogP contribution in [0.4, 0.5) is 0 Å². The normalized spacial score (nSPS) is 18.2. The zero-order valence-electron chi connectivity index (χ0n) is 33.7. The summed E-state index contributed by atoms with van der Waals surface area (Å²) in [7, 11) is 12.4. The molecule has 3 aliphatic rings. The maximum Gasteiger partial charge on any atom is 0.376 e. The Labute approximate surface area is 336 Å². The first kappa shape index (κ1) is 40.1. The van der Waals surface area contributed by atoms with Crippen LogP contribution in [0.5, 0.6) is 0 Å². The predicted molar refractivity (Wildman–Crippen MR) is 215 cm³/mol. The first-order valence-electron chi connectivity index (χ1n) is 19.3. The van der Waals surface area contributed by atoms with E-state index in [1.807, 2.05) is 44.2 Å². The van der Waals surface area contributed by atoms with E-state index in [1.165, 1.54) is 22.3 Å². The van der Waals surface area contributed by atoms with E-state index in [9.17, 15) is 20.8 Å². The van der Waals surface area contributed by atoms with Gasteiger partial charge in [0, 0.05) is 52.9 Å². The van der Waals surface area contributed by atoms with Gasteiger partial charge in [-0.05, 0) is 154 Å². The number of fused-ring (bicyclic) bond motifs is 6. The van der Waals surface area contributed by atoms with Crippen molar-refractivity contribution in [3.8, 4) is 0 Å². The lowest BCUT2D eigenvalue weighted by atomic mass is 10.1. The average molecular weight is 797 g/mol. The second kappa shape index (κ2) is 16.0. The molecule has 0 N–H and O–H groups in total. The molecule has 0 saturated carbocycles. The van der Waals surface area contributed by atoms with Gasteiger partial charge in [0.15, 0.2) is 5.82 Å². The fraction of sp³-hybridized carbons (Fsp3) is 0.475. The molecular formula is C40H49ClN12O4. The highest BCUT2D eigenvalue weighted by Crippen LogP contribution is 2.30. The maximum atomic E-state index is 12.2. The van der Waals surface area contributed by atoms with Gasteiger partial charge < -0.3 is 35.5 Å². The fourth-order valence-electron chi connectivity index (χ4n) is 8.04. The fourth-order valence-corrected chi connectivity index (χ4v) is 8.20. The third kappa shape index (κ3) is 8.04. The minimum absolute atomic E-state index is 0.0143. The van der Waals surface area contributed by atoms with Crippen molar-refractivity contribution < 1.29 is 19.3 Å². The van der Waals surface area contributed by atoms with Crippen LogP contribution in [0.1, 0.15) is 58.9 Å². The Morgan fingerprint density at radius 2 is 0.912 bits per heavy atom. The molecule has 0 saturated heterocycles. The largest absolute Gasteiger partial charge is 0.710 e. The SMILES string of the molecule is CCc1n[n+]([O-])c2cc3c(cc2[n+]1[O-])CC(N(C)C)C3.CCc1nc2cc3c(cc2[n+]([O-])n1)CC(N(C)C)C3.CN(C)C1Cc2cc3nc(Cl)n[n+]([O-])c3cc2C1. The van der Waals surface area contributed by atoms with Crippen molar-refractivity contribution in [3.05, 3.63) is 108 Å². The molecule has 3 heterocycles. The molecule has 9 rings (SSSR count). The van der Waals surface area contributed by atoms with Gasteiger partial charge >= 0.3 is 11.3 Å². The van der Waals surface area contributed by atoms with Crippen LogP contribution in [0.25, 0.3) is 33.1 Å². The number of benzene rings is 3. The number of nitrogens with zero attached hydrogens (tertiary/aromatic N) is 12. The van der Waals surface area contributed by atoms with Crippen molar-refractivity contribution in [1.82, 2.24) is 40.0 Å². The summed E-state index contributed by atoms with van der Waals surface area (Å²) in [6, 6.07) is 13.0. The molecule has 6 aromatic rings. The molecule has 3 unspecified atom stereocenters. The van der Waals surface area contributed by atoms with E-state index in [1.54, 1.807) is 0 Å². The molecule has 0 spiro atoms. The Kier molecular flexibility index (Phi) is 11.2. The van der Waals surface area contributed by atoms with Crippen LogP contribution in [0.3, 0.4) is 0 Å². The van der Waals surface area contributed by atoms with E-state index in [0.717, 1.165) is 59.9 Å². The number of aromatic nitrogens is 9. The van der Waals surface area contributed by atoms with Crippen LogP contribution in [-0.4, -0.2) is 100 Å². The summed E-state index contributed by atoms with van der Waals surface area (Å²) in [4.78, 5) is 17.0. The van der Waals surface area contributed by atoms with Gasteiger partial charge in [-0.1, -0.05) is 13.8 Å². The van der Waals surface area contributed by atoms with Crippen LogP contribution in [-0.2, 0) is 51.4 Å². The lowest BCUT2D eigenvalue weighted by Gasteiger charge is -2.17. The maximum absolute atomic E-state index is 12.2. The minimum Gasteiger partial charge on any atom is -0.710 e. The minimum atomic E-state index is -0.0143. The van der Waals surface area contributed by atoms with Crippen molar-refractivity contribution in [3.63, 3.8) is 0 Å². The highest BCUT2D eigenvalue weighted by molar-refractivity contribution is 6.28. The molecule has 16 nitrogen and oxygen atoms in total. The van der Waals surface area contributed by atoms with Gasteiger partial charge in [0.2, 0.25) is 10.6 Å². The molecule has 0 radical (unpaired) electrons. The summed E-state index contributed by atoms with van der Waals surface area (Å²) in [6.45, 7) is 3.77. The molecule has 0 fully saturated rings. The molecule has 3 atom stereocenters. The highest BCUT2D eigenvalue weighted by Gasteiger charge is 2.30. The summed E-state index contributed by atoms with van der Waals surface area (Å²) >= 11 is 5.70. The van der Waals surface area contributed by atoms with Gasteiger partial charge in [-0.3, -0.25) is 0 Å². The summed E-state index contributed by atoms with van der Waals surface area (Å²) in [6.07, 6.45) is 6.91. The third-order valence-corrected chi connectivity index (χ3v) is 11.7. The average Bonchev–Trinajstić information content (AvgIpc) is 3.91. The Morgan fingerprint density at radius 3 is 1.35 bits per heavy atom. The van der Waals surface area contributed by atoms with Crippen LogP contribution in [0.15, 0.2) is 36.4 Å². The van der Waals surface area contributed by atoms with Gasteiger partial charge in [-0.15, -0.1) is 0 Å². The van der Waals surface area contributed by atoms with Gasteiger partial charge in [-0.25, -0.2) is 14.7 Å². The summed E-state index contributed by atoms with van der Waals surface area (Å²) in [5.41, 5.74) is 10.5. The number of aryl methyl sites for hydroxylation is 2. The Balaban J connectivity index is 0.000000131. The van der Waals surface area contributed by atoms with Crippen LogP contribution >= 0.6 is 11.6 Å². The molecule has 3 aromatic heterocycles. The first-order chi connectivity index (χ1) is 27.1. The van der Waals surface area contributed by atoms with Gasteiger partial charge in [-0.2, -0.15) is 0 Å². The van der Waals surface area contributed by atoms with Crippen molar-refractivity contribution in [2.45, 2.75) is 83.3 Å². The van der Waals surface area contributed by atoms with Crippen LogP contribution < -0.4 is 19.3 Å². The van der Waals surface area contributed by atoms with Crippen LogP contribution in [0, 0.1) is 20.8 Å². The second-order valence-corrected chi connectivity index (χ2v) is 16.2. The van der Waals surface area contributed by atoms with Gasteiger partial charge in [0.25, 0.3) is 16.3 Å². The number of halogens is 1. The summed E-state index contributed by atoms with van der Waals surface area (Å²) in [5, 5.41) is 59.1. The van der Waals surface area contributed by atoms with Crippen molar-refractivity contribution >= 4 is 44.7 Å². The molecule has 57 heavy (non-hydrogen) atoms. The van der Waals surface area contributed by atoms with E-state index < -0.39 is 0 Å². The smallest absolute Gasteiger partial charge is 0.376 e. The third-order valence-electron chi connectivity index (χ3n) is 11.6. The molecular weight excluding hydrogens is 748 g/mol. The zero-order chi connectivity index (χ0) is 40.9.